The Labute approximate surface area is 86.7 Å². The van der Waals surface area contributed by atoms with Gasteiger partial charge in [0.1, 0.15) is 0 Å². The van der Waals surface area contributed by atoms with Crippen LogP contribution in [0.15, 0.2) is 0 Å². The van der Waals surface area contributed by atoms with Crippen LogP contribution in [0.2, 0.25) is 0 Å². The predicted molar refractivity (Wildman–Crippen MR) is 58.0 cm³/mol. The Balaban J connectivity index is 3.83. The largest absolute Gasteiger partial charge is 0.394 e. The Morgan fingerprint density at radius 2 is 1.93 bits per heavy atom. The van der Waals surface area contributed by atoms with Gasteiger partial charge >= 0.3 is 0 Å². The number of hydrogen-bond acceptors (Lipinski definition) is 4. The first-order valence-corrected chi connectivity index (χ1v) is 5.31. The maximum Gasteiger partial charge on any atom is 0.0897 e. The monoisotopic (exact) mass is 204 g/mol. The predicted octanol–water partition coefficient (Wildman–Crippen LogP) is -0.354. The molecule has 0 rings (SSSR count). The van der Waals surface area contributed by atoms with Crippen LogP contribution in [-0.4, -0.2) is 54.0 Å². The molecule has 86 valence electrons. The summed E-state index contributed by atoms with van der Waals surface area (Å²) < 4.78 is 0. The SMILES string of the molecule is CC(C)CN(CCCN)CC(O)CO. The maximum absolute atomic E-state index is 9.32. The van der Waals surface area contributed by atoms with Gasteiger partial charge in [-0.3, -0.25) is 0 Å². The summed E-state index contributed by atoms with van der Waals surface area (Å²) in [7, 11) is 0. The lowest BCUT2D eigenvalue weighted by Gasteiger charge is -2.25. The molecular formula is C10H24N2O2. The molecule has 4 nitrogen and oxygen atoms in total. The Hall–Kier alpha value is -0.160. The molecule has 4 heteroatoms. The van der Waals surface area contributed by atoms with E-state index in [0.29, 0.717) is 19.0 Å². The lowest BCUT2D eigenvalue weighted by atomic mass is 10.2. The van der Waals surface area contributed by atoms with Crippen LogP contribution >= 0.6 is 0 Å². The number of nitrogens with two attached hydrogens (primary N) is 1. The molecule has 0 aliphatic rings. The van der Waals surface area contributed by atoms with Crippen molar-refractivity contribution in [3.63, 3.8) is 0 Å². The van der Waals surface area contributed by atoms with Crippen molar-refractivity contribution in [2.45, 2.75) is 26.4 Å². The smallest absolute Gasteiger partial charge is 0.0897 e. The van der Waals surface area contributed by atoms with E-state index in [4.69, 9.17) is 10.8 Å². The molecule has 4 N–H and O–H groups in total. The Kier molecular flexibility index (Phi) is 8.08. The number of nitrogens with zero attached hydrogens (tertiary/aromatic N) is 1. The van der Waals surface area contributed by atoms with Crippen LogP contribution in [0, 0.1) is 5.92 Å². The second kappa shape index (κ2) is 8.17. The van der Waals surface area contributed by atoms with E-state index >= 15 is 0 Å². The molecule has 0 saturated heterocycles. The van der Waals surface area contributed by atoms with Gasteiger partial charge in [0, 0.05) is 13.1 Å². The molecule has 0 bridgehead atoms. The van der Waals surface area contributed by atoms with Crippen molar-refractivity contribution in [3.8, 4) is 0 Å². The van der Waals surface area contributed by atoms with E-state index in [1.54, 1.807) is 0 Å². The van der Waals surface area contributed by atoms with Crippen LogP contribution in [0.4, 0.5) is 0 Å². The summed E-state index contributed by atoms with van der Waals surface area (Å²) >= 11 is 0. The zero-order chi connectivity index (χ0) is 11.0. The molecule has 0 heterocycles. The zero-order valence-electron chi connectivity index (χ0n) is 9.32. The van der Waals surface area contributed by atoms with Gasteiger partial charge in [-0.25, -0.2) is 0 Å². The highest BCUT2D eigenvalue weighted by Gasteiger charge is 2.11. The summed E-state index contributed by atoms with van der Waals surface area (Å²) in [6.45, 7) is 7.15. The lowest BCUT2D eigenvalue weighted by Crippen LogP contribution is -2.37. The van der Waals surface area contributed by atoms with Crippen molar-refractivity contribution in [2.75, 3.05) is 32.8 Å². The third-order valence-electron chi connectivity index (χ3n) is 1.98. The van der Waals surface area contributed by atoms with E-state index in [2.05, 4.69) is 18.7 Å². The summed E-state index contributed by atoms with van der Waals surface area (Å²) in [6, 6.07) is 0. The third kappa shape index (κ3) is 7.26. The van der Waals surface area contributed by atoms with Gasteiger partial charge in [-0.05, 0) is 25.4 Å². The summed E-state index contributed by atoms with van der Waals surface area (Å²) in [4.78, 5) is 2.15. The Bertz CT molecular complexity index is 131. The highest BCUT2D eigenvalue weighted by atomic mass is 16.3. The highest BCUT2D eigenvalue weighted by molar-refractivity contribution is 4.65. The van der Waals surface area contributed by atoms with Crippen molar-refractivity contribution in [3.05, 3.63) is 0 Å². The molecule has 1 unspecified atom stereocenters. The van der Waals surface area contributed by atoms with Crippen LogP contribution in [0.1, 0.15) is 20.3 Å². The van der Waals surface area contributed by atoms with Gasteiger partial charge in [0.25, 0.3) is 0 Å². The van der Waals surface area contributed by atoms with Crippen LogP contribution in [-0.2, 0) is 0 Å². The van der Waals surface area contributed by atoms with Crippen LogP contribution in [0.3, 0.4) is 0 Å². The molecule has 1 atom stereocenters. The first-order chi connectivity index (χ1) is 6.60. The van der Waals surface area contributed by atoms with Crippen LogP contribution in [0.5, 0.6) is 0 Å². The summed E-state index contributed by atoms with van der Waals surface area (Å²) in [6.07, 6.45) is 0.303. The number of aliphatic hydroxyl groups is 2. The maximum atomic E-state index is 9.32. The topological polar surface area (TPSA) is 69.7 Å². The quantitative estimate of drug-likeness (QED) is 0.505. The highest BCUT2D eigenvalue weighted by Crippen LogP contribution is 2.01. The van der Waals surface area contributed by atoms with Crippen molar-refractivity contribution < 1.29 is 10.2 Å². The van der Waals surface area contributed by atoms with Crippen molar-refractivity contribution in [2.24, 2.45) is 11.7 Å². The minimum Gasteiger partial charge on any atom is -0.394 e. The fourth-order valence-corrected chi connectivity index (χ4v) is 1.44. The second-order valence-electron chi connectivity index (χ2n) is 4.13. The molecule has 0 aliphatic heterocycles. The lowest BCUT2D eigenvalue weighted by molar-refractivity contribution is 0.0554. The standard InChI is InChI=1S/C10H24N2O2/c1-9(2)6-12(5-3-4-11)7-10(14)8-13/h9-10,13-14H,3-8,11H2,1-2H3. The summed E-state index contributed by atoms with van der Waals surface area (Å²) in [5, 5.41) is 18.1. The van der Waals surface area contributed by atoms with Crippen LogP contribution in [0.25, 0.3) is 0 Å². The van der Waals surface area contributed by atoms with Crippen molar-refractivity contribution >= 4 is 0 Å². The third-order valence-corrected chi connectivity index (χ3v) is 1.98. The van der Waals surface area contributed by atoms with Gasteiger partial charge in [0.15, 0.2) is 0 Å². The van der Waals surface area contributed by atoms with Gasteiger partial charge in [0.05, 0.1) is 12.7 Å². The van der Waals surface area contributed by atoms with E-state index in [9.17, 15) is 5.11 Å². The van der Waals surface area contributed by atoms with Crippen LogP contribution < -0.4 is 5.73 Å². The molecule has 14 heavy (non-hydrogen) atoms. The first kappa shape index (κ1) is 13.8. The fraction of sp³-hybridized carbons (Fsp3) is 1.00. The van der Waals surface area contributed by atoms with Gasteiger partial charge in [-0.15, -0.1) is 0 Å². The normalized spacial score (nSPS) is 13.9. The van der Waals surface area contributed by atoms with Gasteiger partial charge in [0.2, 0.25) is 0 Å². The van der Waals surface area contributed by atoms with E-state index in [1.165, 1.54) is 0 Å². The molecule has 0 spiro atoms. The molecule has 0 aliphatic carbocycles. The molecule has 0 radical (unpaired) electrons. The van der Waals surface area contributed by atoms with Gasteiger partial charge < -0.3 is 20.8 Å². The minimum absolute atomic E-state index is 0.169. The van der Waals surface area contributed by atoms with Gasteiger partial charge in [-0.2, -0.15) is 0 Å². The average Bonchev–Trinajstić information content (AvgIpc) is 2.13. The Morgan fingerprint density at radius 1 is 1.29 bits per heavy atom. The molecule has 0 aromatic rings. The van der Waals surface area contributed by atoms with E-state index < -0.39 is 6.10 Å². The summed E-state index contributed by atoms with van der Waals surface area (Å²) in [5.74, 6) is 0.568. The molecule has 0 aromatic carbocycles. The molecule has 0 amide bonds. The minimum atomic E-state index is -0.633. The first-order valence-electron chi connectivity index (χ1n) is 5.31. The molecular weight excluding hydrogens is 180 g/mol. The molecule has 0 aromatic heterocycles. The zero-order valence-corrected chi connectivity index (χ0v) is 9.32. The average molecular weight is 204 g/mol. The van der Waals surface area contributed by atoms with E-state index in [-0.39, 0.29) is 6.61 Å². The van der Waals surface area contributed by atoms with E-state index in [0.717, 1.165) is 19.5 Å². The van der Waals surface area contributed by atoms with Crippen molar-refractivity contribution in [1.29, 1.82) is 0 Å². The molecule has 0 saturated carbocycles. The van der Waals surface area contributed by atoms with Gasteiger partial charge in [-0.1, -0.05) is 13.8 Å². The molecule has 0 fully saturated rings. The van der Waals surface area contributed by atoms with E-state index in [1.807, 2.05) is 0 Å². The number of aliphatic hydroxyl groups excluding tert-OH is 2. The number of rotatable bonds is 8. The number of hydrogen-bond donors (Lipinski definition) is 3. The fourth-order valence-electron chi connectivity index (χ4n) is 1.44. The Morgan fingerprint density at radius 3 is 2.36 bits per heavy atom. The summed E-state index contributed by atoms with van der Waals surface area (Å²) in [5.41, 5.74) is 5.43. The van der Waals surface area contributed by atoms with Crippen molar-refractivity contribution in [1.82, 2.24) is 4.90 Å². The second-order valence-corrected chi connectivity index (χ2v) is 4.13.